The molecule has 0 aliphatic heterocycles. The Bertz CT molecular complexity index is 1250. The van der Waals surface area contributed by atoms with Crippen molar-refractivity contribution in [2.75, 3.05) is 11.9 Å². The highest BCUT2D eigenvalue weighted by atomic mass is 16.7. The standard InChI is InChI=1S/C23H19N5O4/c1-2-24-22(29)28-20-13-12-18-21(27-20)26-19(14-25-18)15-8-10-17(11-9-15)32-23(30)31-16-6-4-3-5-7-16/h3-14H,2H2,1H3,(H2,24,26,27,28,29). The van der Waals surface area contributed by atoms with E-state index in [4.69, 9.17) is 9.47 Å². The van der Waals surface area contributed by atoms with Gasteiger partial charge in [-0.3, -0.25) is 10.3 Å². The molecule has 160 valence electrons. The minimum absolute atomic E-state index is 0.329. The smallest absolute Gasteiger partial charge is 0.395 e. The topological polar surface area (TPSA) is 115 Å². The Morgan fingerprint density at radius 1 is 0.875 bits per heavy atom. The van der Waals surface area contributed by atoms with Gasteiger partial charge in [0.1, 0.15) is 22.8 Å². The molecule has 9 heteroatoms. The van der Waals surface area contributed by atoms with Crippen molar-refractivity contribution < 1.29 is 19.1 Å². The van der Waals surface area contributed by atoms with Gasteiger partial charge in [-0.1, -0.05) is 18.2 Å². The van der Waals surface area contributed by atoms with Gasteiger partial charge in [0.2, 0.25) is 0 Å². The third kappa shape index (κ3) is 5.14. The maximum absolute atomic E-state index is 11.9. The molecule has 4 aromatic rings. The molecular weight excluding hydrogens is 410 g/mol. The molecule has 9 nitrogen and oxygen atoms in total. The summed E-state index contributed by atoms with van der Waals surface area (Å²) in [6.07, 6.45) is 0.797. The van der Waals surface area contributed by atoms with Crippen LogP contribution in [-0.4, -0.2) is 33.7 Å². The second-order valence-corrected chi connectivity index (χ2v) is 6.57. The monoisotopic (exact) mass is 429 g/mol. The first-order chi connectivity index (χ1) is 15.6. The van der Waals surface area contributed by atoms with E-state index in [-0.39, 0.29) is 6.03 Å². The van der Waals surface area contributed by atoms with Crippen LogP contribution in [0, 0.1) is 0 Å². The number of benzene rings is 2. The summed E-state index contributed by atoms with van der Waals surface area (Å²) in [6.45, 7) is 2.33. The largest absolute Gasteiger partial charge is 0.519 e. The predicted molar refractivity (Wildman–Crippen MR) is 119 cm³/mol. The van der Waals surface area contributed by atoms with Crippen molar-refractivity contribution in [1.82, 2.24) is 20.3 Å². The number of fused-ring (bicyclic) bond motifs is 1. The SMILES string of the molecule is CCNC(=O)Nc1ccc2ncc(-c3ccc(OC(=O)Oc4ccccc4)cc3)nc2n1. The van der Waals surface area contributed by atoms with Crippen LogP contribution in [-0.2, 0) is 0 Å². The van der Waals surface area contributed by atoms with Crippen LogP contribution in [0.15, 0.2) is 72.9 Å². The summed E-state index contributed by atoms with van der Waals surface area (Å²) in [7, 11) is 0. The zero-order chi connectivity index (χ0) is 22.3. The highest BCUT2D eigenvalue weighted by Crippen LogP contribution is 2.23. The third-order valence-corrected chi connectivity index (χ3v) is 4.28. The van der Waals surface area contributed by atoms with Crippen LogP contribution in [0.3, 0.4) is 0 Å². The molecular formula is C23H19N5O4. The van der Waals surface area contributed by atoms with Crippen molar-refractivity contribution in [3.8, 4) is 22.8 Å². The van der Waals surface area contributed by atoms with E-state index in [0.717, 1.165) is 5.56 Å². The molecule has 0 spiro atoms. The third-order valence-electron chi connectivity index (χ3n) is 4.28. The Hall–Kier alpha value is -4.53. The lowest BCUT2D eigenvalue weighted by atomic mass is 10.1. The molecule has 0 atom stereocenters. The van der Waals surface area contributed by atoms with Gasteiger partial charge in [0.25, 0.3) is 0 Å². The van der Waals surface area contributed by atoms with Crippen LogP contribution in [0.4, 0.5) is 15.4 Å². The molecule has 2 heterocycles. The molecule has 2 N–H and O–H groups in total. The van der Waals surface area contributed by atoms with Gasteiger partial charge in [-0.15, -0.1) is 0 Å². The Balaban J connectivity index is 1.47. The van der Waals surface area contributed by atoms with Gasteiger partial charge in [-0.2, -0.15) is 0 Å². The van der Waals surface area contributed by atoms with Gasteiger partial charge in [-0.05, 0) is 55.5 Å². The Morgan fingerprint density at radius 2 is 1.59 bits per heavy atom. The molecule has 0 fully saturated rings. The summed E-state index contributed by atoms with van der Waals surface area (Å²) in [4.78, 5) is 36.9. The molecule has 0 aliphatic rings. The van der Waals surface area contributed by atoms with Gasteiger partial charge >= 0.3 is 12.2 Å². The summed E-state index contributed by atoms with van der Waals surface area (Å²) in [5.74, 6) is 1.10. The minimum atomic E-state index is -0.828. The van der Waals surface area contributed by atoms with E-state index in [1.807, 2.05) is 13.0 Å². The molecule has 0 unspecified atom stereocenters. The number of amides is 2. The fourth-order valence-electron chi connectivity index (χ4n) is 2.82. The molecule has 0 bridgehead atoms. The van der Waals surface area contributed by atoms with Gasteiger partial charge in [0.15, 0.2) is 5.65 Å². The lowest BCUT2D eigenvalue weighted by molar-refractivity contribution is 0.152. The fourth-order valence-corrected chi connectivity index (χ4v) is 2.82. The van der Waals surface area contributed by atoms with Gasteiger partial charge in [-0.25, -0.2) is 19.6 Å². The maximum atomic E-state index is 11.9. The van der Waals surface area contributed by atoms with Crippen molar-refractivity contribution in [2.45, 2.75) is 6.92 Å². The number of rotatable bonds is 5. The first-order valence-corrected chi connectivity index (χ1v) is 9.84. The van der Waals surface area contributed by atoms with Gasteiger partial charge in [0, 0.05) is 12.1 Å². The first kappa shape index (κ1) is 20.7. The predicted octanol–water partition coefficient (Wildman–Crippen LogP) is 4.41. The van der Waals surface area contributed by atoms with Crippen LogP contribution in [0.2, 0.25) is 0 Å². The number of carbonyl (C=O) groups excluding carboxylic acids is 2. The number of hydrogen-bond acceptors (Lipinski definition) is 7. The second kappa shape index (κ2) is 9.52. The molecule has 0 saturated heterocycles. The van der Waals surface area contributed by atoms with Gasteiger partial charge < -0.3 is 14.8 Å². The number of hydrogen-bond donors (Lipinski definition) is 2. The second-order valence-electron chi connectivity index (χ2n) is 6.57. The Morgan fingerprint density at radius 3 is 2.31 bits per heavy atom. The molecule has 2 amide bonds. The number of para-hydroxylation sites is 1. The molecule has 4 rings (SSSR count). The number of anilines is 1. The van der Waals surface area contributed by atoms with Crippen LogP contribution in [0.25, 0.3) is 22.4 Å². The summed E-state index contributed by atoms with van der Waals surface area (Å²) < 4.78 is 10.3. The highest BCUT2D eigenvalue weighted by molar-refractivity contribution is 5.89. The van der Waals surface area contributed by atoms with Crippen molar-refractivity contribution >= 4 is 29.2 Å². The number of carbonyl (C=O) groups is 2. The minimum Gasteiger partial charge on any atom is -0.395 e. The molecule has 32 heavy (non-hydrogen) atoms. The normalized spacial score (nSPS) is 10.4. The zero-order valence-corrected chi connectivity index (χ0v) is 17.1. The van der Waals surface area contributed by atoms with Crippen LogP contribution < -0.4 is 20.1 Å². The van der Waals surface area contributed by atoms with E-state index < -0.39 is 6.16 Å². The summed E-state index contributed by atoms with van der Waals surface area (Å²) in [5, 5.41) is 5.29. The lowest BCUT2D eigenvalue weighted by Gasteiger charge is -2.08. The maximum Gasteiger partial charge on any atom is 0.519 e. The molecule has 2 aromatic heterocycles. The first-order valence-electron chi connectivity index (χ1n) is 9.84. The average Bonchev–Trinajstić information content (AvgIpc) is 2.80. The van der Waals surface area contributed by atoms with E-state index in [2.05, 4.69) is 25.6 Å². The number of pyridine rings is 1. The van der Waals surface area contributed by atoms with Crippen molar-refractivity contribution in [3.63, 3.8) is 0 Å². The summed E-state index contributed by atoms with van der Waals surface area (Å²) in [6, 6.07) is 18.5. The number of urea groups is 1. The molecule has 0 saturated carbocycles. The quantitative estimate of drug-likeness (QED) is 0.357. The van der Waals surface area contributed by atoms with E-state index in [1.165, 1.54) is 0 Å². The average molecular weight is 429 g/mol. The summed E-state index contributed by atoms with van der Waals surface area (Å²) in [5.41, 5.74) is 2.33. The summed E-state index contributed by atoms with van der Waals surface area (Å²) >= 11 is 0. The molecule has 0 radical (unpaired) electrons. The van der Waals surface area contributed by atoms with E-state index in [9.17, 15) is 9.59 Å². The molecule has 2 aromatic carbocycles. The van der Waals surface area contributed by atoms with Crippen LogP contribution in [0.1, 0.15) is 6.92 Å². The van der Waals surface area contributed by atoms with Crippen molar-refractivity contribution in [1.29, 1.82) is 0 Å². The number of aromatic nitrogens is 3. The Labute approximate surface area is 183 Å². The lowest BCUT2D eigenvalue weighted by Crippen LogP contribution is -2.28. The van der Waals surface area contributed by atoms with Gasteiger partial charge in [0.05, 0.1) is 11.9 Å². The van der Waals surface area contributed by atoms with E-state index in [1.54, 1.807) is 66.9 Å². The van der Waals surface area contributed by atoms with Crippen LogP contribution in [0.5, 0.6) is 11.5 Å². The van der Waals surface area contributed by atoms with Crippen LogP contribution >= 0.6 is 0 Å². The van der Waals surface area contributed by atoms with Crippen molar-refractivity contribution in [3.05, 3.63) is 72.9 Å². The van der Waals surface area contributed by atoms with Crippen molar-refractivity contribution in [2.24, 2.45) is 0 Å². The zero-order valence-electron chi connectivity index (χ0n) is 17.1. The Kier molecular flexibility index (Phi) is 6.17. The number of nitrogens with one attached hydrogen (secondary N) is 2. The molecule has 0 aliphatic carbocycles. The number of ether oxygens (including phenoxy) is 2. The van der Waals surface area contributed by atoms with E-state index in [0.29, 0.717) is 40.7 Å². The number of nitrogens with zero attached hydrogens (tertiary/aromatic N) is 3. The highest BCUT2D eigenvalue weighted by Gasteiger charge is 2.10. The fraction of sp³-hybridized carbons (Fsp3) is 0.0870. The van der Waals surface area contributed by atoms with E-state index >= 15 is 0 Å².